The predicted molar refractivity (Wildman–Crippen MR) is 79.0 cm³/mol. The Bertz CT molecular complexity index is 331. The summed E-state index contributed by atoms with van der Waals surface area (Å²) in [6.45, 7) is 3.91. The summed E-state index contributed by atoms with van der Waals surface area (Å²) in [4.78, 5) is 2.57. The SMILES string of the molecule is OCCCCCN1CCS[C@@H](c2ccccc2)C1. The lowest BCUT2D eigenvalue weighted by molar-refractivity contribution is 0.257. The molecule has 18 heavy (non-hydrogen) atoms. The molecule has 0 aliphatic carbocycles. The normalized spacial score (nSPS) is 21.1. The van der Waals surface area contributed by atoms with E-state index in [1.54, 1.807) is 0 Å². The molecule has 1 saturated heterocycles. The van der Waals surface area contributed by atoms with Crippen molar-refractivity contribution in [1.29, 1.82) is 0 Å². The Kier molecular flexibility index (Phi) is 6.05. The number of hydrogen-bond donors (Lipinski definition) is 1. The van der Waals surface area contributed by atoms with Crippen LogP contribution in [0.25, 0.3) is 0 Å². The predicted octanol–water partition coefficient (Wildman–Crippen LogP) is 2.94. The fraction of sp³-hybridized carbons (Fsp3) is 0.600. The monoisotopic (exact) mass is 265 g/mol. The fourth-order valence-electron chi connectivity index (χ4n) is 2.40. The highest BCUT2D eigenvalue weighted by Gasteiger charge is 2.20. The molecule has 1 aromatic carbocycles. The van der Waals surface area contributed by atoms with Gasteiger partial charge in [-0.15, -0.1) is 0 Å². The first-order valence-electron chi connectivity index (χ1n) is 6.90. The van der Waals surface area contributed by atoms with E-state index in [0.717, 1.165) is 12.8 Å². The van der Waals surface area contributed by atoms with E-state index in [4.69, 9.17) is 5.11 Å². The van der Waals surface area contributed by atoms with Gasteiger partial charge in [0, 0.05) is 30.7 Å². The van der Waals surface area contributed by atoms with Crippen molar-refractivity contribution in [2.75, 3.05) is 32.0 Å². The molecule has 0 saturated carbocycles. The molecule has 3 heteroatoms. The van der Waals surface area contributed by atoms with Gasteiger partial charge in [0.2, 0.25) is 0 Å². The highest BCUT2D eigenvalue weighted by atomic mass is 32.2. The molecule has 1 aliphatic rings. The molecule has 1 fully saturated rings. The van der Waals surface area contributed by atoms with Crippen molar-refractivity contribution in [3.8, 4) is 0 Å². The van der Waals surface area contributed by atoms with E-state index in [0.29, 0.717) is 11.9 Å². The molecule has 1 aliphatic heterocycles. The van der Waals surface area contributed by atoms with Crippen LogP contribution in [0.5, 0.6) is 0 Å². The van der Waals surface area contributed by atoms with Gasteiger partial charge in [0.15, 0.2) is 0 Å². The lowest BCUT2D eigenvalue weighted by Gasteiger charge is -2.32. The van der Waals surface area contributed by atoms with Crippen LogP contribution < -0.4 is 0 Å². The summed E-state index contributed by atoms with van der Waals surface area (Å²) in [5.41, 5.74) is 1.46. The van der Waals surface area contributed by atoms with Crippen LogP contribution in [-0.2, 0) is 0 Å². The number of rotatable bonds is 6. The number of aliphatic hydroxyl groups excluding tert-OH is 1. The molecule has 0 bridgehead atoms. The van der Waals surface area contributed by atoms with Gasteiger partial charge < -0.3 is 10.0 Å². The van der Waals surface area contributed by atoms with Gasteiger partial charge >= 0.3 is 0 Å². The number of thioether (sulfide) groups is 1. The summed E-state index contributed by atoms with van der Waals surface area (Å²) in [5, 5.41) is 9.41. The van der Waals surface area contributed by atoms with Gasteiger partial charge in [0.1, 0.15) is 0 Å². The first kappa shape index (κ1) is 13.9. The topological polar surface area (TPSA) is 23.5 Å². The van der Waals surface area contributed by atoms with E-state index in [9.17, 15) is 0 Å². The lowest BCUT2D eigenvalue weighted by atomic mass is 10.1. The zero-order valence-electron chi connectivity index (χ0n) is 10.9. The first-order valence-corrected chi connectivity index (χ1v) is 7.95. The van der Waals surface area contributed by atoms with Crippen LogP contribution in [0, 0.1) is 0 Å². The number of nitrogens with zero attached hydrogens (tertiary/aromatic N) is 1. The first-order chi connectivity index (χ1) is 8.90. The largest absolute Gasteiger partial charge is 0.396 e. The average Bonchev–Trinajstić information content (AvgIpc) is 2.45. The van der Waals surface area contributed by atoms with Gasteiger partial charge in [0.25, 0.3) is 0 Å². The molecule has 100 valence electrons. The minimum absolute atomic E-state index is 0.336. The third-order valence-electron chi connectivity index (χ3n) is 3.45. The van der Waals surface area contributed by atoms with E-state index in [1.165, 1.54) is 37.4 Å². The molecule has 0 amide bonds. The highest BCUT2D eigenvalue weighted by molar-refractivity contribution is 7.99. The van der Waals surface area contributed by atoms with Crippen molar-refractivity contribution >= 4 is 11.8 Å². The third-order valence-corrected chi connectivity index (χ3v) is 4.70. The van der Waals surface area contributed by atoms with Gasteiger partial charge in [-0.05, 0) is 31.4 Å². The average molecular weight is 265 g/mol. The number of aliphatic hydroxyl groups is 1. The maximum Gasteiger partial charge on any atom is 0.0431 e. The lowest BCUT2D eigenvalue weighted by Crippen LogP contribution is -2.35. The molecule has 1 atom stereocenters. The maximum atomic E-state index is 8.78. The summed E-state index contributed by atoms with van der Waals surface area (Å²) in [5.74, 6) is 1.24. The molecule has 0 radical (unpaired) electrons. The van der Waals surface area contributed by atoms with Crippen molar-refractivity contribution in [3.63, 3.8) is 0 Å². The molecule has 1 aromatic rings. The quantitative estimate of drug-likeness (QED) is 0.800. The Morgan fingerprint density at radius 1 is 1.17 bits per heavy atom. The van der Waals surface area contributed by atoms with Crippen molar-refractivity contribution in [1.82, 2.24) is 4.90 Å². The summed E-state index contributed by atoms with van der Waals surface area (Å²) < 4.78 is 0. The Hall–Kier alpha value is -0.510. The highest BCUT2D eigenvalue weighted by Crippen LogP contribution is 2.32. The molecule has 0 unspecified atom stereocenters. The Morgan fingerprint density at radius 3 is 2.78 bits per heavy atom. The molecule has 2 nitrogen and oxygen atoms in total. The maximum absolute atomic E-state index is 8.78. The Morgan fingerprint density at radius 2 is 2.00 bits per heavy atom. The Labute approximate surface area is 114 Å². The fourth-order valence-corrected chi connectivity index (χ4v) is 3.71. The Balaban J connectivity index is 1.78. The summed E-state index contributed by atoms with van der Waals surface area (Å²) >= 11 is 2.08. The second-order valence-corrected chi connectivity index (χ2v) is 6.17. The van der Waals surface area contributed by atoms with E-state index in [1.807, 2.05) is 0 Å². The van der Waals surface area contributed by atoms with Crippen LogP contribution in [0.2, 0.25) is 0 Å². The summed E-state index contributed by atoms with van der Waals surface area (Å²) in [6.07, 6.45) is 3.31. The standard InChI is InChI=1S/C15H23NOS/c17-11-6-2-5-9-16-10-12-18-15(13-16)14-7-3-1-4-8-14/h1,3-4,7-8,15,17H,2,5-6,9-13H2/t15-/m1/s1. The van der Waals surface area contributed by atoms with E-state index in [2.05, 4.69) is 47.0 Å². The van der Waals surface area contributed by atoms with Gasteiger partial charge in [0.05, 0.1) is 0 Å². The molecule has 1 N–H and O–H groups in total. The third kappa shape index (κ3) is 4.30. The number of benzene rings is 1. The molecule has 2 rings (SSSR count). The number of unbranched alkanes of at least 4 members (excludes halogenated alkanes) is 2. The van der Waals surface area contributed by atoms with Crippen LogP contribution in [0.1, 0.15) is 30.1 Å². The van der Waals surface area contributed by atoms with Crippen LogP contribution in [0.3, 0.4) is 0 Å². The van der Waals surface area contributed by atoms with Crippen LogP contribution in [0.4, 0.5) is 0 Å². The summed E-state index contributed by atoms with van der Waals surface area (Å²) in [7, 11) is 0. The van der Waals surface area contributed by atoms with E-state index < -0.39 is 0 Å². The molecule has 0 aromatic heterocycles. The second kappa shape index (κ2) is 7.82. The van der Waals surface area contributed by atoms with Crippen molar-refractivity contribution in [2.24, 2.45) is 0 Å². The minimum Gasteiger partial charge on any atom is -0.396 e. The van der Waals surface area contributed by atoms with Crippen molar-refractivity contribution in [3.05, 3.63) is 35.9 Å². The van der Waals surface area contributed by atoms with Gasteiger partial charge in [-0.25, -0.2) is 0 Å². The summed E-state index contributed by atoms with van der Waals surface area (Å²) in [6, 6.07) is 10.8. The van der Waals surface area contributed by atoms with Crippen LogP contribution in [0.15, 0.2) is 30.3 Å². The smallest absolute Gasteiger partial charge is 0.0431 e. The zero-order valence-corrected chi connectivity index (χ0v) is 11.7. The van der Waals surface area contributed by atoms with Crippen molar-refractivity contribution in [2.45, 2.75) is 24.5 Å². The minimum atomic E-state index is 0.336. The van der Waals surface area contributed by atoms with Gasteiger partial charge in [-0.2, -0.15) is 11.8 Å². The van der Waals surface area contributed by atoms with Gasteiger partial charge in [-0.1, -0.05) is 30.3 Å². The van der Waals surface area contributed by atoms with Crippen LogP contribution >= 0.6 is 11.8 Å². The molecular weight excluding hydrogens is 242 g/mol. The van der Waals surface area contributed by atoms with Crippen molar-refractivity contribution < 1.29 is 5.11 Å². The number of hydrogen-bond acceptors (Lipinski definition) is 3. The van der Waals surface area contributed by atoms with Gasteiger partial charge in [-0.3, -0.25) is 0 Å². The second-order valence-electron chi connectivity index (χ2n) is 4.85. The van der Waals surface area contributed by atoms with Crippen LogP contribution in [-0.4, -0.2) is 42.0 Å². The molecule has 0 spiro atoms. The molecular formula is C15H23NOS. The van der Waals surface area contributed by atoms with E-state index >= 15 is 0 Å². The van der Waals surface area contributed by atoms with E-state index in [-0.39, 0.29) is 0 Å². The zero-order chi connectivity index (χ0) is 12.6. The molecule has 1 heterocycles.